The van der Waals surface area contributed by atoms with Crippen molar-refractivity contribution in [2.45, 2.75) is 12.8 Å². The van der Waals surface area contributed by atoms with Gasteiger partial charge in [-0.25, -0.2) is 4.39 Å². The van der Waals surface area contributed by atoms with Crippen LogP contribution < -0.4 is 0 Å². The summed E-state index contributed by atoms with van der Waals surface area (Å²) in [7, 11) is 0. The monoisotopic (exact) mass is 187 g/mol. The van der Waals surface area contributed by atoms with Gasteiger partial charge in [-0.2, -0.15) is 0 Å². The summed E-state index contributed by atoms with van der Waals surface area (Å²) in [5, 5.41) is 1.03. The van der Waals surface area contributed by atoms with Gasteiger partial charge < -0.3 is 4.98 Å². The van der Waals surface area contributed by atoms with Crippen LogP contribution in [-0.4, -0.2) is 4.98 Å². The average Bonchev–Trinajstić information content (AvgIpc) is 2.59. The summed E-state index contributed by atoms with van der Waals surface area (Å²) >= 11 is 0. The lowest BCUT2D eigenvalue weighted by atomic mass is 10.0. The van der Waals surface area contributed by atoms with Crippen molar-refractivity contribution in [1.29, 1.82) is 0 Å². The molecule has 1 nitrogen and oxygen atoms in total. The molecule has 0 saturated heterocycles. The Morgan fingerprint density at radius 1 is 1.29 bits per heavy atom. The van der Waals surface area contributed by atoms with E-state index in [1.54, 1.807) is 6.07 Å². The molecule has 0 radical (unpaired) electrons. The van der Waals surface area contributed by atoms with Crippen LogP contribution in [0.5, 0.6) is 0 Å². The topological polar surface area (TPSA) is 15.8 Å². The predicted molar refractivity (Wildman–Crippen MR) is 55.6 cm³/mol. The molecule has 1 N–H and O–H groups in total. The molecule has 70 valence electrons. The van der Waals surface area contributed by atoms with Crippen LogP contribution in [0.25, 0.3) is 17.0 Å². The Morgan fingerprint density at radius 2 is 2.21 bits per heavy atom. The van der Waals surface area contributed by atoms with Gasteiger partial charge in [0, 0.05) is 11.1 Å². The number of aromatic amines is 1. The van der Waals surface area contributed by atoms with Crippen LogP contribution in [0.3, 0.4) is 0 Å². The van der Waals surface area contributed by atoms with E-state index in [0.717, 1.165) is 23.9 Å². The highest BCUT2D eigenvalue weighted by molar-refractivity contribution is 5.88. The van der Waals surface area contributed by atoms with E-state index in [2.05, 4.69) is 11.1 Å². The number of hydrogen-bond donors (Lipinski definition) is 1. The minimum Gasteiger partial charge on any atom is -0.352 e. The van der Waals surface area contributed by atoms with E-state index < -0.39 is 0 Å². The van der Waals surface area contributed by atoms with E-state index in [9.17, 15) is 4.39 Å². The molecule has 3 rings (SSSR count). The fourth-order valence-electron chi connectivity index (χ4n) is 2.10. The molecule has 0 aliphatic heterocycles. The molecule has 1 heterocycles. The van der Waals surface area contributed by atoms with E-state index in [1.807, 2.05) is 12.1 Å². The zero-order valence-electron chi connectivity index (χ0n) is 7.68. The Morgan fingerprint density at radius 3 is 3.14 bits per heavy atom. The van der Waals surface area contributed by atoms with Gasteiger partial charge in [0.2, 0.25) is 0 Å². The normalized spacial score (nSPS) is 14.6. The quantitative estimate of drug-likeness (QED) is 0.651. The van der Waals surface area contributed by atoms with Crippen molar-refractivity contribution in [3.05, 3.63) is 41.3 Å². The number of halogens is 1. The van der Waals surface area contributed by atoms with Gasteiger partial charge in [0.15, 0.2) is 0 Å². The standard InChI is InChI=1S/C12H10FN/c13-10-6-3-5-9-8-4-1-2-7-11(8)14-12(9)10/h2-3,5-7,14H,1,4H2. The van der Waals surface area contributed by atoms with Crippen molar-refractivity contribution < 1.29 is 4.39 Å². The molecule has 0 bridgehead atoms. The van der Waals surface area contributed by atoms with Crippen molar-refractivity contribution in [3.8, 4) is 0 Å². The molecule has 1 aromatic heterocycles. The van der Waals surface area contributed by atoms with Crippen molar-refractivity contribution >= 4 is 17.0 Å². The first-order chi connectivity index (χ1) is 6.86. The third-order valence-corrected chi connectivity index (χ3v) is 2.77. The Labute approximate surface area is 81.3 Å². The smallest absolute Gasteiger partial charge is 0.147 e. The van der Waals surface area contributed by atoms with Gasteiger partial charge in [0.1, 0.15) is 5.82 Å². The van der Waals surface area contributed by atoms with Crippen LogP contribution in [0.1, 0.15) is 17.7 Å². The average molecular weight is 187 g/mol. The van der Waals surface area contributed by atoms with Crippen LogP contribution in [0.4, 0.5) is 4.39 Å². The minimum absolute atomic E-state index is 0.162. The molecular formula is C12H10FN. The molecule has 0 fully saturated rings. The Bertz CT molecular complexity index is 522. The van der Waals surface area contributed by atoms with Gasteiger partial charge in [0.05, 0.1) is 5.52 Å². The summed E-state index contributed by atoms with van der Waals surface area (Å²) in [6, 6.07) is 5.24. The molecule has 0 atom stereocenters. The second kappa shape index (κ2) is 2.71. The second-order valence-corrected chi connectivity index (χ2v) is 3.62. The lowest BCUT2D eigenvalue weighted by Crippen LogP contribution is -1.89. The summed E-state index contributed by atoms with van der Waals surface area (Å²) in [4.78, 5) is 3.12. The lowest BCUT2D eigenvalue weighted by molar-refractivity contribution is 0.637. The first-order valence-electron chi connectivity index (χ1n) is 4.82. The number of para-hydroxylation sites is 1. The number of hydrogen-bond acceptors (Lipinski definition) is 0. The van der Waals surface area contributed by atoms with Gasteiger partial charge in [-0.05, 0) is 30.5 Å². The summed E-state index contributed by atoms with van der Waals surface area (Å²) in [5.41, 5.74) is 2.96. The number of aryl methyl sites for hydroxylation is 1. The Hall–Kier alpha value is -1.57. The molecule has 2 heteroatoms. The predicted octanol–water partition coefficient (Wildman–Crippen LogP) is 3.27. The van der Waals surface area contributed by atoms with E-state index >= 15 is 0 Å². The number of H-pyrrole nitrogens is 1. The van der Waals surface area contributed by atoms with Crippen LogP contribution in [0.15, 0.2) is 24.3 Å². The van der Waals surface area contributed by atoms with Gasteiger partial charge in [-0.15, -0.1) is 0 Å². The highest BCUT2D eigenvalue weighted by Gasteiger charge is 2.13. The van der Waals surface area contributed by atoms with Gasteiger partial charge >= 0.3 is 0 Å². The fraction of sp³-hybridized carbons (Fsp3) is 0.167. The maximum Gasteiger partial charge on any atom is 0.147 e. The SMILES string of the molecule is Fc1cccc2c3c([nH]c12)C=CCC3. The number of aromatic nitrogens is 1. The van der Waals surface area contributed by atoms with Crippen LogP contribution in [-0.2, 0) is 6.42 Å². The number of benzene rings is 1. The van der Waals surface area contributed by atoms with E-state index in [0.29, 0.717) is 5.52 Å². The molecule has 1 aliphatic rings. The van der Waals surface area contributed by atoms with Gasteiger partial charge in [-0.3, -0.25) is 0 Å². The van der Waals surface area contributed by atoms with Gasteiger partial charge in [-0.1, -0.05) is 18.2 Å². The van der Waals surface area contributed by atoms with Crippen LogP contribution in [0, 0.1) is 5.82 Å². The lowest BCUT2D eigenvalue weighted by Gasteiger charge is -2.03. The first-order valence-corrected chi connectivity index (χ1v) is 4.82. The molecule has 2 aromatic rings. The molecule has 0 unspecified atom stereocenters. The zero-order chi connectivity index (χ0) is 9.54. The summed E-state index contributed by atoms with van der Waals surface area (Å²) in [6.45, 7) is 0. The number of rotatable bonds is 0. The minimum atomic E-state index is -0.162. The maximum atomic E-state index is 13.4. The Kier molecular flexibility index (Phi) is 1.51. The van der Waals surface area contributed by atoms with E-state index in [4.69, 9.17) is 0 Å². The molecule has 0 saturated carbocycles. The second-order valence-electron chi connectivity index (χ2n) is 3.62. The third kappa shape index (κ3) is 0.939. The Balaban J connectivity index is 2.43. The third-order valence-electron chi connectivity index (χ3n) is 2.77. The number of fused-ring (bicyclic) bond motifs is 3. The number of allylic oxidation sites excluding steroid dienone is 1. The maximum absolute atomic E-state index is 13.4. The van der Waals surface area contributed by atoms with Crippen molar-refractivity contribution in [1.82, 2.24) is 4.98 Å². The van der Waals surface area contributed by atoms with Crippen LogP contribution >= 0.6 is 0 Å². The van der Waals surface area contributed by atoms with Crippen molar-refractivity contribution in [2.24, 2.45) is 0 Å². The molecule has 1 aromatic carbocycles. The molecule has 14 heavy (non-hydrogen) atoms. The largest absolute Gasteiger partial charge is 0.352 e. The van der Waals surface area contributed by atoms with E-state index in [-0.39, 0.29) is 5.82 Å². The van der Waals surface area contributed by atoms with Crippen LogP contribution in [0.2, 0.25) is 0 Å². The number of nitrogens with one attached hydrogen (secondary N) is 1. The zero-order valence-corrected chi connectivity index (χ0v) is 7.68. The van der Waals surface area contributed by atoms with Crippen molar-refractivity contribution in [2.75, 3.05) is 0 Å². The highest BCUT2D eigenvalue weighted by Crippen LogP contribution is 2.28. The molecule has 1 aliphatic carbocycles. The molecule has 0 amide bonds. The summed E-state index contributed by atoms with van der Waals surface area (Å²) in [6.07, 6.45) is 6.22. The van der Waals surface area contributed by atoms with Gasteiger partial charge in [0.25, 0.3) is 0 Å². The van der Waals surface area contributed by atoms with E-state index in [1.165, 1.54) is 11.6 Å². The highest BCUT2D eigenvalue weighted by atomic mass is 19.1. The first kappa shape index (κ1) is 7.80. The fourth-order valence-corrected chi connectivity index (χ4v) is 2.10. The van der Waals surface area contributed by atoms with Crippen molar-refractivity contribution in [3.63, 3.8) is 0 Å². The summed E-state index contributed by atoms with van der Waals surface area (Å²) < 4.78 is 13.4. The molecule has 0 spiro atoms. The molecular weight excluding hydrogens is 177 g/mol. The summed E-state index contributed by atoms with van der Waals surface area (Å²) in [5.74, 6) is -0.162.